The molecule has 2 N–H and O–H groups in total. The van der Waals surface area contributed by atoms with Crippen molar-refractivity contribution in [3.8, 4) is 0 Å². The number of amides is 1. The molecule has 1 aliphatic heterocycles. The third kappa shape index (κ3) is 3.19. The number of rotatable bonds is 7. The van der Waals surface area contributed by atoms with Crippen molar-refractivity contribution in [3.05, 3.63) is 0 Å². The SMILES string of the molecule is CCCNC1CCN(C(C)(CC)CCO)C1=O. The molecule has 0 aromatic rings. The number of likely N-dealkylation sites (tertiary alicyclic amines) is 1. The highest BCUT2D eigenvalue weighted by Crippen LogP contribution is 2.28. The normalized spacial score (nSPS) is 24.1. The van der Waals surface area contributed by atoms with E-state index in [-0.39, 0.29) is 24.1 Å². The molecule has 0 bridgehead atoms. The molecule has 1 rings (SSSR count). The summed E-state index contributed by atoms with van der Waals surface area (Å²) in [6, 6.07) is -0.0143. The number of carbonyl (C=O) groups excluding carboxylic acids is 1. The monoisotopic (exact) mass is 242 g/mol. The summed E-state index contributed by atoms with van der Waals surface area (Å²) in [6.45, 7) is 8.10. The van der Waals surface area contributed by atoms with Crippen LogP contribution in [0.15, 0.2) is 0 Å². The first-order chi connectivity index (χ1) is 8.09. The Balaban J connectivity index is 2.64. The van der Waals surface area contributed by atoms with Crippen molar-refractivity contribution < 1.29 is 9.90 Å². The van der Waals surface area contributed by atoms with Crippen molar-refractivity contribution in [2.24, 2.45) is 0 Å². The Morgan fingerprint density at radius 2 is 2.24 bits per heavy atom. The minimum Gasteiger partial charge on any atom is -0.396 e. The zero-order valence-corrected chi connectivity index (χ0v) is 11.3. The minimum atomic E-state index is -0.186. The van der Waals surface area contributed by atoms with E-state index in [2.05, 4.69) is 26.1 Å². The maximum Gasteiger partial charge on any atom is 0.240 e. The summed E-state index contributed by atoms with van der Waals surface area (Å²) in [6.07, 6.45) is 3.49. The minimum absolute atomic E-state index is 0.0143. The summed E-state index contributed by atoms with van der Waals surface area (Å²) >= 11 is 0. The molecule has 0 aromatic carbocycles. The average Bonchev–Trinajstić information content (AvgIpc) is 2.69. The lowest BCUT2D eigenvalue weighted by atomic mass is 9.93. The van der Waals surface area contributed by atoms with E-state index >= 15 is 0 Å². The Kier molecular flexibility index (Phi) is 5.40. The number of hydrogen-bond donors (Lipinski definition) is 2. The Morgan fingerprint density at radius 1 is 1.53 bits per heavy atom. The van der Waals surface area contributed by atoms with Gasteiger partial charge in [0.15, 0.2) is 0 Å². The van der Waals surface area contributed by atoms with Gasteiger partial charge in [-0.1, -0.05) is 13.8 Å². The molecule has 0 aromatic heterocycles. The standard InChI is InChI=1S/C13H26N2O2/c1-4-8-14-11-6-9-15(12(11)17)13(3,5-2)7-10-16/h11,14,16H,4-10H2,1-3H3. The Morgan fingerprint density at radius 3 is 2.76 bits per heavy atom. The second kappa shape index (κ2) is 6.36. The molecule has 100 valence electrons. The first-order valence-corrected chi connectivity index (χ1v) is 6.74. The van der Waals surface area contributed by atoms with Gasteiger partial charge in [-0.15, -0.1) is 0 Å². The number of nitrogens with one attached hydrogen (secondary N) is 1. The van der Waals surface area contributed by atoms with Gasteiger partial charge in [-0.05, 0) is 39.2 Å². The van der Waals surface area contributed by atoms with E-state index < -0.39 is 0 Å². The van der Waals surface area contributed by atoms with Crippen molar-refractivity contribution >= 4 is 5.91 Å². The number of aliphatic hydroxyl groups is 1. The van der Waals surface area contributed by atoms with E-state index in [4.69, 9.17) is 5.11 Å². The van der Waals surface area contributed by atoms with Gasteiger partial charge in [-0.25, -0.2) is 0 Å². The van der Waals surface area contributed by atoms with Gasteiger partial charge >= 0.3 is 0 Å². The van der Waals surface area contributed by atoms with Crippen molar-refractivity contribution in [3.63, 3.8) is 0 Å². The van der Waals surface area contributed by atoms with Gasteiger partial charge in [-0.2, -0.15) is 0 Å². The second-order valence-electron chi connectivity index (χ2n) is 5.11. The largest absolute Gasteiger partial charge is 0.396 e. The number of hydrogen-bond acceptors (Lipinski definition) is 3. The van der Waals surface area contributed by atoms with Crippen LogP contribution in [0, 0.1) is 0 Å². The summed E-state index contributed by atoms with van der Waals surface area (Å²) in [5.41, 5.74) is -0.186. The Labute approximate surface area is 104 Å². The van der Waals surface area contributed by atoms with Crippen molar-refractivity contribution in [2.75, 3.05) is 19.7 Å². The van der Waals surface area contributed by atoms with Gasteiger partial charge in [0.05, 0.1) is 6.04 Å². The van der Waals surface area contributed by atoms with Crippen LogP contribution in [0.2, 0.25) is 0 Å². The van der Waals surface area contributed by atoms with Gasteiger partial charge < -0.3 is 15.3 Å². The Hall–Kier alpha value is -0.610. The number of aliphatic hydroxyl groups excluding tert-OH is 1. The van der Waals surface area contributed by atoms with E-state index in [0.717, 1.165) is 32.4 Å². The van der Waals surface area contributed by atoms with Crippen LogP contribution in [-0.4, -0.2) is 47.2 Å². The van der Waals surface area contributed by atoms with Crippen LogP contribution in [0.5, 0.6) is 0 Å². The maximum atomic E-state index is 12.3. The first kappa shape index (κ1) is 14.5. The third-order valence-corrected chi connectivity index (χ3v) is 3.91. The van der Waals surface area contributed by atoms with Crippen LogP contribution >= 0.6 is 0 Å². The van der Waals surface area contributed by atoms with Crippen LogP contribution in [0.25, 0.3) is 0 Å². The molecule has 1 amide bonds. The lowest BCUT2D eigenvalue weighted by Crippen LogP contribution is -2.50. The fourth-order valence-corrected chi connectivity index (χ4v) is 2.47. The van der Waals surface area contributed by atoms with Gasteiger partial charge in [0, 0.05) is 18.7 Å². The summed E-state index contributed by atoms with van der Waals surface area (Å²) in [7, 11) is 0. The highest BCUT2D eigenvalue weighted by atomic mass is 16.3. The molecular formula is C13H26N2O2. The molecule has 4 heteroatoms. The molecule has 0 radical (unpaired) electrons. The predicted molar refractivity (Wildman–Crippen MR) is 68.8 cm³/mol. The van der Waals surface area contributed by atoms with E-state index in [1.807, 2.05) is 4.90 Å². The van der Waals surface area contributed by atoms with Gasteiger partial charge in [0.1, 0.15) is 0 Å². The van der Waals surface area contributed by atoms with Gasteiger partial charge in [0.2, 0.25) is 5.91 Å². The summed E-state index contributed by atoms with van der Waals surface area (Å²) < 4.78 is 0. The predicted octanol–water partition coefficient (Wildman–Crippen LogP) is 1.14. The van der Waals surface area contributed by atoms with E-state index in [1.54, 1.807) is 0 Å². The first-order valence-electron chi connectivity index (χ1n) is 6.74. The fourth-order valence-electron chi connectivity index (χ4n) is 2.47. The van der Waals surface area contributed by atoms with Gasteiger partial charge in [0.25, 0.3) is 0 Å². The molecule has 1 heterocycles. The molecule has 0 spiro atoms. The summed E-state index contributed by atoms with van der Waals surface area (Å²) in [5, 5.41) is 12.4. The second-order valence-corrected chi connectivity index (χ2v) is 5.11. The van der Waals surface area contributed by atoms with Crippen LogP contribution in [0.4, 0.5) is 0 Å². The van der Waals surface area contributed by atoms with Crippen molar-refractivity contribution in [2.45, 2.75) is 58.0 Å². The van der Waals surface area contributed by atoms with E-state index in [9.17, 15) is 4.79 Å². The quantitative estimate of drug-likeness (QED) is 0.704. The molecule has 0 saturated carbocycles. The number of nitrogens with zero attached hydrogens (tertiary/aromatic N) is 1. The summed E-state index contributed by atoms with van der Waals surface area (Å²) in [5.74, 6) is 0.205. The van der Waals surface area contributed by atoms with E-state index in [0.29, 0.717) is 6.42 Å². The molecule has 4 nitrogen and oxygen atoms in total. The van der Waals surface area contributed by atoms with Crippen LogP contribution < -0.4 is 5.32 Å². The van der Waals surface area contributed by atoms with Crippen LogP contribution in [-0.2, 0) is 4.79 Å². The molecule has 0 aliphatic carbocycles. The average molecular weight is 242 g/mol. The lowest BCUT2D eigenvalue weighted by Gasteiger charge is -2.38. The molecule has 2 atom stereocenters. The topological polar surface area (TPSA) is 52.6 Å². The highest BCUT2D eigenvalue weighted by molar-refractivity contribution is 5.84. The third-order valence-electron chi connectivity index (χ3n) is 3.91. The van der Waals surface area contributed by atoms with Crippen molar-refractivity contribution in [1.82, 2.24) is 10.2 Å². The van der Waals surface area contributed by atoms with Crippen LogP contribution in [0.1, 0.15) is 46.5 Å². The maximum absolute atomic E-state index is 12.3. The lowest BCUT2D eigenvalue weighted by molar-refractivity contribution is -0.135. The van der Waals surface area contributed by atoms with E-state index in [1.165, 1.54) is 0 Å². The van der Waals surface area contributed by atoms with Crippen LogP contribution in [0.3, 0.4) is 0 Å². The highest BCUT2D eigenvalue weighted by Gasteiger charge is 2.40. The molecule has 2 unspecified atom stereocenters. The molecule has 1 fully saturated rings. The molecule has 1 aliphatic rings. The molecule has 17 heavy (non-hydrogen) atoms. The number of carbonyl (C=O) groups is 1. The molecule has 1 saturated heterocycles. The fraction of sp³-hybridized carbons (Fsp3) is 0.923. The van der Waals surface area contributed by atoms with Gasteiger partial charge in [-0.3, -0.25) is 4.79 Å². The zero-order chi connectivity index (χ0) is 12.9. The zero-order valence-electron chi connectivity index (χ0n) is 11.3. The Bertz CT molecular complexity index is 258. The summed E-state index contributed by atoms with van der Waals surface area (Å²) in [4.78, 5) is 14.2. The van der Waals surface area contributed by atoms with Crippen molar-refractivity contribution in [1.29, 1.82) is 0 Å². The smallest absolute Gasteiger partial charge is 0.240 e. The molecular weight excluding hydrogens is 216 g/mol.